The van der Waals surface area contributed by atoms with E-state index in [0.29, 0.717) is 4.90 Å². The fraction of sp³-hybridized carbons (Fsp3) is 0.360. The highest BCUT2D eigenvalue weighted by molar-refractivity contribution is 7.90. The molecule has 5 rings (SSSR count). The van der Waals surface area contributed by atoms with Crippen LogP contribution in [0.1, 0.15) is 50.2 Å². The normalized spacial score (nSPS) is 15.4. The van der Waals surface area contributed by atoms with Crippen LogP contribution in [0, 0.1) is 0 Å². The van der Waals surface area contributed by atoms with Gasteiger partial charge in [-0.2, -0.15) is 4.98 Å². The molecule has 0 atom stereocenters. The minimum absolute atomic E-state index is 0.252. The van der Waals surface area contributed by atoms with Gasteiger partial charge in [0.05, 0.1) is 10.4 Å². The van der Waals surface area contributed by atoms with Gasteiger partial charge < -0.3 is 9.42 Å². The highest BCUT2D eigenvalue weighted by atomic mass is 32.2. The standard InChI is InChI=1S/C25H27N5O3S/c1-16(2)23-28-25(33-29-23)18-11-13-30(14-12-18)24-21-6-4-5-20(22(21)26-15-27-24)17-7-9-19(10-8-17)34(3,31)32/h4-10,15-16,18H,11-14H2,1-3H3. The van der Waals surface area contributed by atoms with E-state index in [1.165, 1.54) is 6.26 Å². The lowest BCUT2D eigenvalue weighted by Crippen LogP contribution is -2.33. The molecule has 1 saturated heterocycles. The summed E-state index contributed by atoms with van der Waals surface area (Å²) in [5.74, 6) is 2.91. The Morgan fingerprint density at radius 1 is 1.03 bits per heavy atom. The van der Waals surface area contributed by atoms with E-state index >= 15 is 0 Å². The third-order valence-electron chi connectivity index (χ3n) is 6.35. The van der Waals surface area contributed by atoms with Gasteiger partial charge in [-0.3, -0.25) is 0 Å². The third kappa shape index (κ3) is 4.27. The molecule has 0 saturated carbocycles. The highest BCUT2D eigenvalue weighted by Gasteiger charge is 2.27. The Morgan fingerprint density at radius 2 is 1.76 bits per heavy atom. The summed E-state index contributed by atoms with van der Waals surface area (Å²) in [6, 6.07) is 13.0. The van der Waals surface area contributed by atoms with Crippen molar-refractivity contribution >= 4 is 26.6 Å². The predicted octanol–water partition coefficient (Wildman–Crippen LogP) is 4.59. The molecule has 3 heterocycles. The molecule has 4 aromatic rings. The van der Waals surface area contributed by atoms with Gasteiger partial charge in [0.15, 0.2) is 15.7 Å². The molecule has 0 amide bonds. The predicted molar refractivity (Wildman–Crippen MR) is 131 cm³/mol. The number of sulfone groups is 1. The number of piperidine rings is 1. The van der Waals surface area contributed by atoms with Gasteiger partial charge in [-0.15, -0.1) is 0 Å². The maximum Gasteiger partial charge on any atom is 0.229 e. The lowest BCUT2D eigenvalue weighted by molar-refractivity contribution is 0.326. The molecule has 0 unspecified atom stereocenters. The topological polar surface area (TPSA) is 102 Å². The van der Waals surface area contributed by atoms with E-state index in [-0.39, 0.29) is 11.8 Å². The summed E-state index contributed by atoms with van der Waals surface area (Å²) in [4.78, 5) is 16.4. The van der Waals surface area contributed by atoms with Crippen molar-refractivity contribution in [3.05, 3.63) is 60.5 Å². The zero-order valence-corrected chi connectivity index (χ0v) is 20.3. The molecule has 0 N–H and O–H groups in total. The maximum atomic E-state index is 11.8. The van der Waals surface area contributed by atoms with Crippen molar-refractivity contribution in [1.82, 2.24) is 20.1 Å². The Kier molecular flexibility index (Phi) is 5.81. The highest BCUT2D eigenvalue weighted by Crippen LogP contribution is 2.35. The number of fused-ring (bicyclic) bond motifs is 1. The molecule has 2 aromatic heterocycles. The van der Waals surface area contributed by atoms with E-state index in [1.54, 1.807) is 18.5 Å². The Hall–Kier alpha value is -3.33. The van der Waals surface area contributed by atoms with Crippen LogP contribution in [-0.4, -0.2) is 47.9 Å². The Morgan fingerprint density at radius 3 is 2.41 bits per heavy atom. The molecule has 1 fully saturated rings. The molecule has 34 heavy (non-hydrogen) atoms. The second-order valence-corrected chi connectivity index (χ2v) is 11.1. The molecule has 8 nitrogen and oxygen atoms in total. The van der Waals surface area contributed by atoms with E-state index in [2.05, 4.69) is 38.9 Å². The van der Waals surface area contributed by atoms with Crippen molar-refractivity contribution in [3.63, 3.8) is 0 Å². The van der Waals surface area contributed by atoms with Gasteiger partial charge in [-0.05, 0) is 36.6 Å². The van der Waals surface area contributed by atoms with Crippen molar-refractivity contribution in [1.29, 1.82) is 0 Å². The second kappa shape index (κ2) is 8.79. The SMILES string of the molecule is CC(C)c1noc(C2CCN(c3ncnc4c(-c5ccc(S(C)(=O)=O)cc5)cccc34)CC2)n1. The van der Waals surface area contributed by atoms with E-state index in [9.17, 15) is 8.42 Å². The van der Waals surface area contributed by atoms with Gasteiger partial charge in [0, 0.05) is 42.1 Å². The van der Waals surface area contributed by atoms with Gasteiger partial charge in [0.25, 0.3) is 0 Å². The summed E-state index contributed by atoms with van der Waals surface area (Å²) in [7, 11) is -3.24. The van der Waals surface area contributed by atoms with Crippen molar-refractivity contribution in [2.24, 2.45) is 0 Å². The first-order valence-electron chi connectivity index (χ1n) is 11.4. The number of para-hydroxylation sites is 1. The van der Waals surface area contributed by atoms with Gasteiger partial charge in [-0.1, -0.05) is 43.3 Å². The van der Waals surface area contributed by atoms with Crippen LogP contribution in [0.5, 0.6) is 0 Å². The Balaban J connectivity index is 1.41. The largest absolute Gasteiger partial charge is 0.356 e. The third-order valence-corrected chi connectivity index (χ3v) is 7.48. The number of aromatic nitrogens is 4. The Bertz CT molecular complexity index is 1420. The number of rotatable bonds is 5. The van der Waals surface area contributed by atoms with Crippen molar-refractivity contribution in [3.8, 4) is 11.1 Å². The van der Waals surface area contributed by atoms with Gasteiger partial charge >= 0.3 is 0 Å². The lowest BCUT2D eigenvalue weighted by atomic mass is 9.96. The molecule has 0 bridgehead atoms. The number of hydrogen-bond donors (Lipinski definition) is 0. The van der Waals surface area contributed by atoms with Gasteiger partial charge in [0.1, 0.15) is 12.1 Å². The van der Waals surface area contributed by atoms with Crippen LogP contribution >= 0.6 is 0 Å². The minimum atomic E-state index is -3.24. The molecule has 9 heteroatoms. The van der Waals surface area contributed by atoms with Gasteiger partial charge in [0.2, 0.25) is 5.89 Å². The zero-order chi connectivity index (χ0) is 23.9. The number of benzene rings is 2. The summed E-state index contributed by atoms with van der Waals surface area (Å²) in [5.41, 5.74) is 2.71. The number of hydrogen-bond acceptors (Lipinski definition) is 8. The first kappa shape index (κ1) is 22.5. The summed E-state index contributed by atoms with van der Waals surface area (Å²) >= 11 is 0. The fourth-order valence-electron chi connectivity index (χ4n) is 4.43. The quantitative estimate of drug-likeness (QED) is 0.411. The van der Waals surface area contributed by atoms with E-state index in [4.69, 9.17) is 4.52 Å². The molecule has 0 radical (unpaired) electrons. The molecule has 176 valence electrons. The van der Waals surface area contributed by atoms with Crippen LogP contribution in [0.15, 0.2) is 58.2 Å². The van der Waals surface area contributed by atoms with E-state index in [0.717, 1.165) is 65.5 Å². The van der Waals surface area contributed by atoms with Crippen LogP contribution in [0.3, 0.4) is 0 Å². The lowest BCUT2D eigenvalue weighted by Gasteiger charge is -2.31. The monoisotopic (exact) mass is 477 g/mol. The molecule has 1 aliphatic heterocycles. The van der Waals surface area contributed by atoms with E-state index in [1.807, 2.05) is 30.3 Å². The molecular weight excluding hydrogens is 450 g/mol. The van der Waals surface area contributed by atoms with E-state index < -0.39 is 9.84 Å². The van der Waals surface area contributed by atoms with Crippen molar-refractivity contribution in [2.75, 3.05) is 24.2 Å². The average Bonchev–Trinajstić information content (AvgIpc) is 3.34. The molecule has 0 spiro atoms. The Labute approximate surface area is 199 Å². The van der Waals surface area contributed by atoms with Crippen LogP contribution in [0.2, 0.25) is 0 Å². The maximum absolute atomic E-state index is 11.8. The minimum Gasteiger partial charge on any atom is -0.356 e. The molecule has 1 aliphatic rings. The first-order valence-corrected chi connectivity index (χ1v) is 13.3. The average molecular weight is 478 g/mol. The molecular formula is C25H27N5O3S. The van der Waals surface area contributed by atoms with Crippen LogP contribution in [0.4, 0.5) is 5.82 Å². The summed E-state index contributed by atoms with van der Waals surface area (Å²) < 4.78 is 29.2. The first-order chi connectivity index (χ1) is 16.3. The van der Waals surface area contributed by atoms with Crippen LogP contribution in [0.25, 0.3) is 22.0 Å². The fourth-order valence-corrected chi connectivity index (χ4v) is 5.06. The molecule has 2 aromatic carbocycles. The summed E-state index contributed by atoms with van der Waals surface area (Å²) in [6.07, 6.45) is 4.64. The summed E-state index contributed by atoms with van der Waals surface area (Å²) in [5, 5.41) is 5.09. The summed E-state index contributed by atoms with van der Waals surface area (Å²) in [6.45, 7) is 5.80. The number of anilines is 1. The van der Waals surface area contributed by atoms with Crippen molar-refractivity contribution in [2.45, 2.75) is 43.4 Å². The van der Waals surface area contributed by atoms with Crippen molar-refractivity contribution < 1.29 is 12.9 Å². The molecule has 0 aliphatic carbocycles. The second-order valence-electron chi connectivity index (χ2n) is 9.10. The number of nitrogens with zero attached hydrogens (tertiary/aromatic N) is 5. The smallest absolute Gasteiger partial charge is 0.229 e. The van der Waals surface area contributed by atoms with Crippen LogP contribution < -0.4 is 4.90 Å². The zero-order valence-electron chi connectivity index (χ0n) is 19.5. The van der Waals surface area contributed by atoms with Crippen LogP contribution in [-0.2, 0) is 9.84 Å². The van der Waals surface area contributed by atoms with Gasteiger partial charge in [-0.25, -0.2) is 18.4 Å².